The van der Waals surface area contributed by atoms with Crippen LogP contribution in [-0.2, 0) is 23.1 Å². The number of hydrogen-bond acceptors (Lipinski definition) is 11. The summed E-state index contributed by atoms with van der Waals surface area (Å²) in [7, 11) is -4.81. The number of alkyl halides is 1. The van der Waals surface area contributed by atoms with E-state index in [-0.39, 0.29) is 25.2 Å². The van der Waals surface area contributed by atoms with Crippen molar-refractivity contribution < 1.29 is 51.8 Å². The lowest BCUT2D eigenvalue weighted by Crippen LogP contribution is -2.59. The molecule has 2 unspecified atom stereocenters. The number of carbonyl (C=O) groups is 1. The Morgan fingerprint density at radius 1 is 0.836 bits per heavy atom. The summed E-state index contributed by atoms with van der Waals surface area (Å²) in [6.45, 7) is 0.998. The molecule has 4 rings (SSSR count). The lowest BCUT2D eigenvalue weighted by molar-refractivity contribution is -0.0713. The fraction of sp³-hybridized carbons (Fsp3) is 0.833. The van der Waals surface area contributed by atoms with Crippen molar-refractivity contribution in [2.24, 2.45) is 4.99 Å². The van der Waals surface area contributed by atoms with Crippen molar-refractivity contribution in [2.75, 3.05) is 26.3 Å². The van der Waals surface area contributed by atoms with E-state index in [1.165, 1.54) is 83.5 Å². The Balaban J connectivity index is 1.07. The van der Waals surface area contributed by atoms with E-state index >= 15 is 4.39 Å². The highest BCUT2D eigenvalue weighted by Gasteiger charge is 2.44. The normalized spacial score (nSPS) is 27.5. The molecular formula is C36H60F2N5O11P. The number of amides is 2. The summed E-state index contributed by atoms with van der Waals surface area (Å²) in [5.74, 6) is -1.29. The van der Waals surface area contributed by atoms with E-state index in [1.807, 2.05) is 0 Å². The molecule has 19 heteroatoms. The Morgan fingerprint density at radius 2 is 1.33 bits per heavy atom. The van der Waals surface area contributed by atoms with Crippen LogP contribution in [0.1, 0.15) is 129 Å². The first-order chi connectivity index (χ1) is 26.4. The number of nitrogens with zero attached hydrogens (tertiary/aromatic N) is 3. The van der Waals surface area contributed by atoms with Gasteiger partial charge in [0, 0.05) is 19.4 Å². The summed E-state index contributed by atoms with van der Waals surface area (Å²) in [5.41, 5.74) is -2.20. The molecule has 0 bridgehead atoms. The molecule has 2 amide bonds. The van der Waals surface area contributed by atoms with Gasteiger partial charge in [-0.2, -0.15) is 4.39 Å². The number of carbonyl (C=O) groups excluding carboxylic acids is 1. The molecule has 0 radical (unpaired) electrons. The molecule has 1 aromatic rings. The van der Waals surface area contributed by atoms with Crippen molar-refractivity contribution in [1.82, 2.24) is 19.8 Å². The van der Waals surface area contributed by atoms with Gasteiger partial charge in [-0.3, -0.25) is 38.6 Å². The van der Waals surface area contributed by atoms with Gasteiger partial charge in [-0.25, -0.2) is 18.5 Å². The zero-order valence-electron chi connectivity index (χ0n) is 31.8. The van der Waals surface area contributed by atoms with E-state index in [2.05, 4.69) is 17.2 Å². The monoisotopic (exact) mass is 807 g/mol. The predicted octanol–water partition coefficient (Wildman–Crippen LogP) is 4.96. The minimum atomic E-state index is -4.81. The summed E-state index contributed by atoms with van der Waals surface area (Å²) in [6.07, 6.45) is 11.6. The highest BCUT2D eigenvalue weighted by molar-refractivity contribution is 7.47. The molecular weight excluding hydrogens is 747 g/mol. The second-order valence-electron chi connectivity index (χ2n) is 14.7. The molecule has 3 fully saturated rings. The molecule has 1 aromatic heterocycles. The Kier molecular flexibility index (Phi) is 18.9. The molecule has 3 aliphatic rings. The molecule has 55 heavy (non-hydrogen) atoms. The van der Waals surface area contributed by atoms with Crippen molar-refractivity contribution in [3.8, 4) is 0 Å². The molecule has 3 saturated heterocycles. The van der Waals surface area contributed by atoms with Crippen molar-refractivity contribution in [2.45, 2.75) is 166 Å². The average Bonchev–Trinajstić information content (AvgIpc) is 3.71. The molecule has 5 N–H and O–H groups in total. The third kappa shape index (κ3) is 14.7. The summed E-state index contributed by atoms with van der Waals surface area (Å²) < 4.78 is 63.1. The van der Waals surface area contributed by atoms with Gasteiger partial charge in [0.05, 0.1) is 38.2 Å². The number of hydrogen-bond donors (Lipinski definition) is 5. The number of aromatic nitrogens is 2. The minimum absolute atomic E-state index is 0.0420. The standard InChI is InChI=1S/C36H60F2N5O11P/c1-2-3-4-5-6-7-8-9-10-11-12-13-14-15-16-17-18-39-33-25(37)21-42(35(47)40-33)31-19-27(44)29(53-31)23-51-55(49,50)52-24-30-28(45)20-32(54-30)43-22-26(38)34(46)41-36(43)48/h22,25,27-32,44-45H,2-21,23-24H2,1H3,(H,49,50)(H,39,40,47)(H,41,46,48)/t25?,27-,28+,29+,30-,31+,32-/m0/s1. The number of aliphatic hydroxyl groups excluding tert-OH is 2. The van der Waals surface area contributed by atoms with E-state index in [4.69, 9.17) is 18.5 Å². The number of H-pyrrole nitrogens is 1. The number of aromatic amines is 1. The first kappa shape index (κ1) is 45.1. The van der Waals surface area contributed by atoms with E-state index < -0.39 is 87.2 Å². The maximum atomic E-state index is 15.1. The topological polar surface area (TPSA) is 214 Å². The second kappa shape index (κ2) is 23.0. The SMILES string of the molecule is CCCCCCCCCCCCCCCCCCN=C1NC(=O)N([C@H]2C[C@H](O)[C@@H](COP(=O)(O)OC[C@@H]3O[C@H](n4cc(F)c(=O)[nH]c4=O)C[C@H]3O)O2)CC1F. The summed E-state index contributed by atoms with van der Waals surface area (Å²) in [4.78, 5) is 53.5. The Hall–Kier alpha value is -2.57. The highest BCUT2D eigenvalue weighted by atomic mass is 31.2. The van der Waals surface area contributed by atoms with Gasteiger partial charge in [-0.05, 0) is 6.42 Å². The maximum Gasteiger partial charge on any atom is 0.472 e. The molecule has 3 aliphatic heterocycles. The number of rotatable bonds is 25. The van der Waals surface area contributed by atoms with Crippen LogP contribution in [0.4, 0.5) is 13.6 Å². The molecule has 0 aromatic carbocycles. The van der Waals surface area contributed by atoms with Gasteiger partial charge in [0.15, 0.2) is 6.17 Å². The third-order valence-electron chi connectivity index (χ3n) is 10.2. The van der Waals surface area contributed by atoms with Gasteiger partial charge >= 0.3 is 19.5 Å². The van der Waals surface area contributed by atoms with Crippen LogP contribution in [0.15, 0.2) is 20.8 Å². The van der Waals surface area contributed by atoms with Crippen LogP contribution >= 0.6 is 7.82 Å². The third-order valence-corrected chi connectivity index (χ3v) is 11.2. The number of nitrogens with one attached hydrogen (secondary N) is 2. The summed E-state index contributed by atoms with van der Waals surface area (Å²) in [6, 6.07) is -0.644. The van der Waals surface area contributed by atoms with Gasteiger partial charge < -0.3 is 24.6 Å². The molecule has 0 spiro atoms. The molecule has 0 saturated carbocycles. The minimum Gasteiger partial charge on any atom is -0.390 e. The smallest absolute Gasteiger partial charge is 0.390 e. The zero-order valence-corrected chi connectivity index (χ0v) is 32.7. The zero-order chi connectivity index (χ0) is 39.8. The first-order valence-electron chi connectivity index (χ1n) is 19.9. The fourth-order valence-electron chi connectivity index (χ4n) is 6.99. The van der Waals surface area contributed by atoms with Crippen molar-refractivity contribution in [3.05, 3.63) is 32.9 Å². The number of phosphoric acid groups is 1. The van der Waals surface area contributed by atoms with Crippen LogP contribution in [0.25, 0.3) is 0 Å². The second-order valence-corrected chi connectivity index (χ2v) is 16.1. The Labute approximate surface area is 320 Å². The maximum absolute atomic E-state index is 15.1. The fourth-order valence-corrected chi connectivity index (χ4v) is 7.73. The van der Waals surface area contributed by atoms with Crippen LogP contribution in [0, 0.1) is 5.82 Å². The van der Waals surface area contributed by atoms with Crippen LogP contribution in [0.5, 0.6) is 0 Å². The van der Waals surface area contributed by atoms with Crippen molar-refractivity contribution in [3.63, 3.8) is 0 Å². The number of aliphatic hydroxyl groups is 2. The highest BCUT2D eigenvalue weighted by Crippen LogP contribution is 2.45. The molecule has 0 aliphatic carbocycles. The number of aliphatic imine (C=N–C) groups is 1. The Morgan fingerprint density at radius 3 is 1.87 bits per heavy atom. The molecule has 4 heterocycles. The number of halogens is 2. The van der Waals surface area contributed by atoms with E-state index in [0.717, 1.165) is 28.7 Å². The van der Waals surface area contributed by atoms with Crippen LogP contribution < -0.4 is 16.6 Å². The van der Waals surface area contributed by atoms with Gasteiger partial charge in [-0.15, -0.1) is 0 Å². The predicted molar refractivity (Wildman–Crippen MR) is 199 cm³/mol. The Bertz CT molecular complexity index is 1530. The van der Waals surface area contributed by atoms with Gasteiger partial charge in [0.2, 0.25) is 5.82 Å². The van der Waals surface area contributed by atoms with E-state index in [9.17, 15) is 38.4 Å². The average molecular weight is 808 g/mol. The van der Waals surface area contributed by atoms with Gasteiger partial charge in [-0.1, -0.05) is 103 Å². The van der Waals surface area contributed by atoms with Crippen LogP contribution in [0.2, 0.25) is 0 Å². The van der Waals surface area contributed by atoms with E-state index in [1.54, 1.807) is 4.98 Å². The first-order valence-corrected chi connectivity index (χ1v) is 21.4. The summed E-state index contributed by atoms with van der Waals surface area (Å²) in [5, 5.41) is 23.3. The number of ether oxygens (including phenoxy) is 2. The quantitative estimate of drug-likeness (QED) is 0.0658. The van der Waals surface area contributed by atoms with Crippen LogP contribution in [-0.4, -0.2) is 105 Å². The number of amidine groups is 1. The number of unbranched alkanes of at least 4 members (excludes halogenated alkanes) is 15. The largest absolute Gasteiger partial charge is 0.472 e. The van der Waals surface area contributed by atoms with Gasteiger partial charge in [0.25, 0.3) is 5.56 Å². The summed E-state index contributed by atoms with van der Waals surface area (Å²) >= 11 is 0. The van der Waals surface area contributed by atoms with Crippen LogP contribution in [0.3, 0.4) is 0 Å². The van der Waals surface area contributed by atoms with E-state index in [0.29, 0.717) is 12.7 Å². The molecule has 16 nitrogen and oxygen atoms in total. The number of urea groups is 1. The van der Waals surface area contributed by atoms with Crippen molar-refractivity contribution >= 4 is 19.7 Å². The van der Waals surface area contributed by atoms with Gasteiger partial charge in [0.1, 0.15) is 30.5 Å². The molecule has 314 valence electrons. The number of phosphoric ester groups is 1. The van der Waals surface area contributed by atoms with Crippen molar-refractivity contribution in [1.29, 1.82) is 0 Å². The molecule has 8 atom stereocenters. The lowest BCUT2D eigenvalue weighted by Gasteiger charge is -2.34. The lowest BCUT2D eigenvalue weighted by atomic mass is 10.0.